The molecular weight excluding hydrogens is 347 g/mol. The lowest BCUT2D eigenvalue weighted by Crippen LogP contribution is -2.32. The molecule has 0 aliphatic carbocycles. The fourth-order valence-electron chi connectivity index (χ4n) is 3.22. The van der Waals surface area contributed by atoms with E-state index in [-0.39, 0.29) is 24.1 Å². The van der Waals surface area contributed by atoms with Crippen molar-refractivity contribution in [2.75, 3.05) is 18.1 Å². The fourth-order valence-corrected chi connectivity index (χ4v) is 3.22. The third-order valence-electron chi connectivity index (χ3n) is 4.64. The molecule has 1 aliphatic rings. The van der Waals surface area contributed by atoms with Crippen LogP contribution in [0.15, 0.2) is 42.5 Å². The monoisotopic (exact) mass is 370 g/mol. The van der Waals surface area contributed by atoms with Gasteiger partial charge in [0.25, 0.3) is 0 Å². The second kappa shape index (κ2) is 8.20. The molecule has 27 heavy (non-hydrogen) atoms. The Bertz CT molecular complexity index is 853. The largest absolute Gasteiger partial charge is 0.492 e. The third kappa shape index (κ3) is 4.27. The summed E-state index contributed by atoms with van der Waals surface area (Å²) in [5.41, 5.74) is 2.05. The third-order valence-corrected chi connectivity index (χ3v) is 4.64. The molecule has 1 N–H and O–H groups in total. The summed E-state index contributed by atoms with van der Waals surface area (Å²) in [6.45, 7) is 4.69. The van der Waals surface area contributed by atoms with Crippen LogP contribution in [0.2, 0.25) is 0 Å². The number of rotatable bonds is 6. The van der Waals surface area contributed by atoms with E-state index in [1.165, 1.54) is 6.07 Å². The normalized spacial score (nSPS) is 16.5. The van der Waals surface area contributed by atoms with Gasteiger partial charge in [0.2, 0.25) is 11.8 Å². The summed E-state index contributed by atoms with van der Waals surface area (Å²) >= 11 is 0. The zero-order chi connectivity index (χ0) is 19.4. The molecule has 0 radical (unpaired) electrons. The van der Waals surface area contributed by atoms with Gasteiger partial charge in [0.1, 0.15) is 11.6 Å². The van der Waals surface area contributed by atoms with Crippen LogP contribution in [0.1, 0.15) is 24.5 Å². The Kier molecular flexibility index (Phi) is 5.74. The molecule has 2 aromatic carbocycles. The van der Waals surface area contributed by atoms with Crippen LogP contribution < -0.4 is 15.0 Å². The van der Waals surface area contributed by atoms with E-state index >= 15 is 0 Å². The van der Waals surface area contributed by atoms with Gasteiger partial charge in [0.05, 0.1) is 18.2 Å². The quantitative estimate of drug-likeness (QED) is 0.850. The molecule has 0 spiro atoms. The Morgan fingerprint density at radius 3 is 2.81 bits per heavy atom. The number of nitrogens with one attached hydrogen (secondary N) is 1. The summed E-state index contributed by atoms with van der Waals surface area (Å²) < 4.78 is 18.9. The highest BCUT2D eigenvalue weighted by molar-refractivity contribution is 6.01. The molecule has 1 atom stereocenters. The Balaban J connectivity index is 1.64. The van der Waals surface area contributed by atoms with Crippen molar-refractivity contribution in [2.45, 2.75) is 26.8 Å². The zero-order valence-electron chi connectivity index (χ0n) is 15.5. The van der Waals surface area contributed by atoms with E-state index in [4.69, 9.17) is 4.74 Å². The molecule has 1 heterocycles. The first-order valence-electron chi connectivity index (χ1n) is 9.04. The van der Waals surface area contributed by atoms with Gasteiger partial charge in [-0.3, -0.25) is 9.59 Å². The molecule has 2 aromatic rings. The number of hydrogen-bond acceptors (Lipinski definition) is 3. The highest BCUT2D eigenvalue weighted by Crippen LogP contribution is 2.33. The summed E-state index contributed by atoms with van der Waals surface area (Å²) in [6, 6.07) is 12.1. The first-order chi connectivity index (χ1) is 13.0. The molecule has 1 saturated heterocycles. The fraction of sp³-hybridized carbons (Fsp3) is 0.333. The maximum Gasteiger partial charge on any atom is 0.227 e. The summed E-state index contributed by atoms with van der Waals surface area (Å²) in [5.74, 6) is -0.332. The van der Waals surface area contributed by atoms with Crippen molar-refractivity contribution in [3.05, 3.63) is 59.4 Å². The molecule has 0 saturated carbocycles. The predicted octanol–water partition coefficient (Wildman–Crippen LogP) is 3.20. The van der Waals surface area contributed by atoms with Crippen molar-refractivity contribution in [1.29, 1.82) is 0 Å². The molecule has 1 unspecified atom stereocenters. The van der Waals surface area contributed by atoms with Crippen molar-refractivity contribution in [3.8, 4) is 5.75 Å². The van der Waals surface area contributed by atoms with Crippen LogP contribution in [0.3, 0.4) is 0 Å². The minimum Gasteiger partial charge on any atom is -0.492 e. The molecule has 3 rings (SSSR count). The molecule has 1 aliphatic heterocycles. The van der Waals surface area contributed by atoms with Crippen LogP contribution >= 0.6 is 0 Å². The Morgan fingerprint density at radius 2 is 2.07 bits per heavy atom. The van der Waals surface area contributed by atoms with Gasteiger partial charge in [-0.1, -0.05) is 24.3 Å². The smallest absolute Gasteiger partial charge is 0.227 e. The van der Waals surface area contributed by atoms with Gasteiger partial charge in [-0.25, -0.2) is 4.39 Å². The van der Waals surface area contributed by atoms with E-state index in [9.17, 15) is 14.0 Å². The first kappa shape index (κ1) is 18.9. The standard InChI is InChI=1S/C21H23FN2O3/c1-3-27-19-7-5-4-6-18(19)24-13-16(11-20(24)25)21(26)23-12-15-8-9-17(22)14(2)10-15/h4-10,16H,3,11-13H2,1-2H3,(H,23,26). The Hall–Kier alpha value is -2.89. The minimum absolute atomic E-state index is 0.0973. The Morgan fingerprint density at radius 1 is 1.30 bits per heavy atom. The first-order valence-corrected chi connectivity index (χ1v) is 9.04. The number of nitrogens with zero attached hydrogens (tertiary/aromatic N) is 1. The summed E-state index contributed by atoms with van der Waals surface area (Å²) in [4.78, 5) is 26.6. The number of anilines is 1. The number of benzene rings is 2. The highest BCUT2D eigenvalue weighted by Gasteiger charge is 2.36. The van der Waals surface area contributed by atoms with Gasteiger partial charge in [0.15, 0.2) is 0 Å². The van der Waals surface area contributed by atoms with Crippen molar-refractivity contribution in [2.24, 2.45) is 5.92 Å². The van der Waals surface area contributed by atoms with Crippen LogP contribution in [0.5, 0.6) is 5.75 Å². The summed E-state index contributed by atoms with van der Waals surface area (Å²) in [6.07, 6.45) is 0.161. The van der Waals surface area contributed by atoms with Gasteiger partial charge in [0, 0.05) is 19.5 Å². The van der Waals surface area contributed by atoms with Crippen molar-refractivity contribution in [1.82, 2.24) is 5.32 Å². The van der Waals surface area contributed by atoms with Gasteiger partial charge >= 0.3 is 0 Å². The van der Waals surface area contributed by atoms with Gasteiger partial charge in [-0.2, -0.15) is 0 Å². The molecule has 2 amide bonds. The highest BCUT2D eigenvalue weighted by atomic mass is 19.1. The van der Waals surface area contributed by atoms with Crippen LogP contribution in [-0.2, 0) is 16.1 Å². The topological polar surface area (TPSA) is 58.6 Å². The second-order valence-corrected chi connectivity index (χ2v) is 6.61. The molecule has 0 bridgehead atoms. The van der Waals surface area contributed by atoms with E-state index in [1.54, 1.807) is 24.0 Å². The number of carbonyl (C=O) groups excluding carboxylic acids is 2. The zero-order valence-corrected chi connectivity index (χ0v) is 15.5. The summed E-state index contributed by atoms with van der Waals surface area (Å²) in [7, 11) is 0. The number of halogens is 1. The Labute approximate surface area is 158 Å². The van der Waals surface area contributed by atoms with Crippen molar-refractivity contribution >= 4 is 17.5 Å². The van der Waals surface area contributed by atoms with E-state index < -0.39 is 5.92 Å². The molecule has 0 aromatic heterocycles. The van der Waals surface area contributed by atoms with E-state index in [0.29, 0.717) is 36.7 Å². The maximum atomic E-state index is 13.3. The van der Waals surface area contributed by atoms with E-state index in [0.717, 1.165) is 5.56 Å². The van der Waals surface area contributed by atoms with Gasteiger partial charge < -0.3 is 15.0 Å². The number of ether oxygens (including phenoxy) is 1. The molecular formula is C21H23FN2O3. The maximum absolute atomic E-state index is 13.3. The molecule has 5 nitrogen and oxygen atoms in total. The number of para-hydroxylation sites is 2. The lowest BCUT2D eigenvalue weighted by Gasteiger charge is -2.20. The van der Waals surface area contributed by atoms with E-state index in [1.807, 2.05) is 31.2 Å². The van der Waals surface area contributed by atoms with Crippen LogP contribution in [0.25, 0.3) is 0 Å². The lowest BCUT2D eigenvalue weighted by molar-refractivity contribution is -0.126. The molecule has 1 fully saturated rings. The SMILES string of the molecule is CCOc1ccccc1N1CC(C(=O)NCc2ccc(F)c(C)c2)CC1=O. The molecule has 142 valence electrons. The lowest BCUT2D eigenvalue weighted by atomic mass is 10.1. The van der Waals surface area contributed by atoms with E-state index in [2.05, 4.69) is 5.32 Å². The van der Waals surface area contributed by atoms with Gasteiger partial charge in [-0.15, -0.1) is 0 Å². The number of carbonyl (C=O) groups is 2. The number of aryl methyl sites for hydroxylation is 1. The van der Waals surface area contributed by atoms with Crippen LogP contribution in [0, 0.1) is 18.7 Å². The van der Waals surface area contributed by atoms with Crippen LogP contribution in [0.4, 0.5) is 10.1 Å². The molecule has 6 heteroatoms. The van der Waals surface area contributed by atoms with Crippen LogP contribution in [-0.4, -0.2) is 25.0 Å². The number of amides is 2. The van der Waals surface area contributed by atoms with Gasteiger partial charge in [-0.05, 0) is 43.2 Å². The average molecular weight is 370 g/mol. The van der Waals surface area contributed by atoms with Crippen molar-refractivity contribution in [3.63, 3.8) is 0 Å². The number of hydrogen-bond donors (Lipinski definition) is 1. The second-order valence-electron chi connectivity index (χ2n) is 6.61. The average Bonchev–Trinajstić information content (AvgIpc) is 3.05. The summed E-state index contributed by atoms with van der Waals surface area (Å²) in [5, 5.41) is 2.85. The van der Waals surface area contributed by atoms with Crippen molar-refractivity contribution < 1.29 is 18.7 Å². The minimum atomic E-state index is -0.422. The predicted molar refractivity (Wildman–Crippen MR) is 101 cm³/mol.